The summed E-state index contributed by atoms with van der Waals surface area (Å²) in [5.74, 6) is -3.38. The van der Waals surface area contributed by atoms with Crippen molar-refractivity contribution >= 4 is 17.8 Å². The number of amides is 2. The lowest BCUT2D eigenvalue weighted by molar-refractivity contribution is -0.149. The number of cyclic esters (lactones) is 1. The fraction of sp³-hybridized carbons (Fsp3) is 0.0870. The van der Waals surface area contributed by atoms with Crippen LogP contribution in [0.4, 0.5) is 0 Å². The number of esters is 1. The zero-order valence-corrected chi connectivity index (χ0v) is 16.4. The van der Waals surface area contributed by atoms with Crippen LogP contribution in [0.25, 0.3) is 0 Å². The molecule has 8 heteroatoms. The molecule has 0 saturated carbocycles. The minimum Gasteiger partial charge on any atom is -0.480 e. The van der Waals surface area contributed by atoms with Gasteiger partial charge in [-0.05, 0) is 23.8 Å². The van der Waals surface area contributed by atoms with E-state index < -0.39 is 35.2 Å². The lowest BCUT2D eigenvalue weighted by Gasteiger charge is -2.27. The zero-order chi connectivity index (χ0) is 22.0. The third-order valence-electron chi connectivity index (χ3n) is 4.73. The molecule has 1 saturated heterocycles. The normalized spacial score (nSPS) is 16.6. The van der Waals surface area contributed by atoms with E-state index in [4.69, 9.17) is 9.47 Å². The molecule has 1 fully saturated rings. The van der Waals surface area contributed by atoms with Crippen LogP contribution in [0.1, 0.15) is 11.1 Å². The van der Waals surface area contributed by atoms with Crippen molar-refractivity contribution in [3.8, 4) is 0 Å². The van der Waals surface area contributed by atoms with Crippen molar-refractivity contribution in [1.29, 1.82) is 0 Å². The predicted molar refractivity (Wildman–Crippen MR) is 108 cm³/mol. The first-order chi connectivity index (χ1) is 14.9. The fourth-order valence-corrected chi connectivity index (χ4v) is 3.23. The van der Waals surface area contributed by atoms with E-state index >= 15 is 0 Å². The van der Waals surface area contributed by atoms with E-state index in [9.17, 15) is 19.5 Å². The fourth-order valence-electron chi connectivity index (χ4n) is 3.23. The number of nitrogens with zero attached hydrogens (tertiary/aromatic N) is 2. The van der Waals surface area contributed by atoms with Gasteiger partial charge in [-0.3, -0.25) is 9.59 Å². The van der Waals surface area contributed by atoms with Gasteiger partial charge in [-0.2, -0.15) is 0 Å². The molecule has 156 valence electrons. The highest BCUT2D eigenvalue weighted by molar-refractivity contribution is 6.23. The Morgan fingerprint density at radius 3 is 1.74 bits per heavy atom. The van der Waals surface area contributed by atoms with E-state index in [0.717, 1.165) is 17.2 Å². The highest BCUT2D eigenvalue weighted by Gasteiger charge is 2.42. The molecule has 2 amide bonds. The lowest BCUT2D eigenvalue weighted by atomic mass is 10.1. The van der Waals surface area contributed by atoms with Crippen molar-refractivity contribution in [1.82, 2.24) is 10.0 Å². The van der Waals surface area contributed by atoms with Crippen LogP contribution in [0.3, 0.4) is 0 Å². The molecule has 0 bridgehead atoms. The van der Waals surface area contributed by atoms with Crippen molar-refractivity contribution in [2.75, 3.05) is 0 Å². The number of aliphatic hydroxyl groups is 1. The van der Waals surface area contributed by atoms with Gasteiger partial charge in [-0.25, -0.2) is 14.8 Å². The number of hydrogen-bond acceptors (Lipinski definition) is 6. The average Bonchev–Trinajstić information content (AvgIpc) is 2.96. The van der Waals surface area contributed by atoms with Crippen LogP contribution >= 0.6 is 0 Å². The molecule has 8 nitrogen and oxygen atoms in total. The summed E-state index contributed by atoms with van der Waals surface area (Å²) in [4.78, 5) is 38.4. The van der Waals surface area contributed by atoms with Gasteiger partial charge in [0.15, 0.2) is 0 Å². The summed E-state index contributed by atoms with van der Waals surface area (Å²) in [6.07, 6.45) is 0.984. The van der Waals surface area contributed by atoms with Crippen molar-refractivity contribution in [2.24, 2.45) is 0 Å². The molecule has 1 N–H and O–H groups in total. The summed E-state index contributed by atoms with van der Waals surface area (Å²) >= 11 is 0. The van der Waals surface area contributed by atoms with Crippen LogP contribution in [0.5, 0.6) is 0 Å². The van der Waals surface area contributed by atoms with Gasteiger partial charge in [0.25, 0.3) is 23.7 Å². The molecule has 0 radical (unpaired) electrons. The smallest absolute Gasteiger partial charge is 0.353 e. The number of carbonyl (C=O) groups is 3. The lowest BCUT2D eigenvalue weighted by Crippen LogP contribution is -2.39. The van der Waals surface area contributed by atoms with Gasteiger partial charge in [-0.1, -0.05) is 60.7 Å². The van der Waals surface area contributed by atoms with Gasteiger partial charge < -0.3 is 14.6 Å². The van der Waals surface area contributed by atoms with E-state index in [1.807, 2.05) is 60.7 Å². The van der Waals surface area contributed by atoms with Gasteiger partial charge in [0.2, 0.25) is 0 Å². The van der Waals surface area contributed by atoms with Crippen molar-refractivity contribution in [3.63, 3.8) is 0 Å². The minimum absolute atomic E-state index is 0.151. The molecular weight excluding hydrogens is 400 g/mol. The van der Waals surface area contributed by atoms with E-state index in [2.05, 4.69) is 6.58 Å². The molecule has 2 heterocycles. The van der Waals surface area contributed by atoms with E-state index in [0.29, 0.717) is 0 Å². The van der Waals surface area contributed by atoms with Crippen LogP contribution < -0.4 is 0 Å². The Kier molecular flexibility index (Phi) is 5.28. The summed E-state index contributed by atoms with van der Waals surface area (Å²) in [5.41, 5.74) is 0.912. The highest BCUT2D eigenvalue weighted by Crippen LogP contribution is 2.28. The van der Waals surface area contributed by atoms with Gasteiger partial charge in [-0.15, -0.1) is 0 Å². The first kappa shape index (κ1) is 20.0. The molecule has 0 atom stereocenters. The number of hydrazine groups is 1. The van der Waals surface area contributed by atoms with Crippen LogP contribution in [-0.2, 0) is 36.9 Å². The number of rotatable bonds is 5. The topological polar surface area (TPSA) is 96.4 Å². The SMILES string of the molecule is C=C1OC(=O)C(C=C2C(=O)N(Cc3ccccc3)N(Cc3ccccc3)C2=O)=C(O)O1. The molecule has 2 aliphatic rings. The number of carbonyl (C=O) groups excluding carboxylic acids is 3. The van der Waals surface area contributed by atoms with E-state index in [-0.39, 0.29) is 18.7 Å². The van der Waals surface area contributed by atoms with E-state index in [1.165, 1.54) is 10.0 Å². The molecule has 0 aliphatic carbocycles. The largest absolute Gasteiger partial charge is 0.480 e. The van der Waals surface area contributed by atoms with Crippen molar-refractivity contribution < 1.29 is 29.0 Å². The molecule has 0 spiro atoms. The Balaban J connectivity index is 1.71. The maximum absolute atomic E-state index is 13.2. The maximum atomic E-state index is 13.2. The quantitative estimate of drug-likeness (QED) is 0.456. The predicted octanol–water partition coefficient (Wildman–Crippen LogP) is 2.71. The Bertz CT molecular complexity index is 1060. The molecule has 2 aromatic carbocycles. The standard InChI is InChI=1S/C23H18N2O6/c1-15-30-22(28)19(23(29)31-15)12-18-20(26)24(13-16-8-4-2-5-9-16)25(21(18)27)14-17-10-6-3-7-11-17/h2-12,28H,1,13-14H2. The first-order valence-electron chi connectivity index (χ1n) is 9.39. The van der Waals surface area contributed by atoms with E-state index in [1.54, 1.807) is 0 Å². The van der Waals surface area contributed by atoms with Crippen LogP contribution in [0.15, 0.2) is 96.4 Å². The molecule has 31 heavy (non-hydrogen) atoms. The second kappa shape index (κ2) is 8.19. The molecule has 4 rings (SSSR count). The molecule has 0 unspecified atom stereocenters. The number of aliphatic hydroxyl groups excluding tert-OH is 1. The number of ether oxygens (including phenoxy) is 2. The second-order valence-electron chi connectivity index (χ2n) is 6.84. The summed E-state index contributed by atoms with van der Waals surface area (Å²) in [7, 11) is 0. The second-order valence-corrected chi connectivity index (χ2v) is 6.84. The third kappa shape index (κ3) is 4.04. The summed E-state index contributed by atoms with van der Waals surface area (Å²) in [6, 6.07) is 18.4. The summed E-state index contributed by atoms with van der Waals surface area (Å²) in [5, 5.41) is 12.6. The van der Waals surface area contributed by atoms with Crippen molar-refractivity contribution in [3.05, 3.63) is 107 Å². The monoisotopic (exact) mass is 418 g/mol. The summed E-state index contributed by atoms with van der Waals surface area (Å²) in [6.45, 7) is 3.60. The van der Waals surface area contributed by atoms with Crippen LogP contribution in [0, 0.1) is 0 Å². The molecule has 2 aliphatic heterocycles. The average molecular weight is 418 g/mol. The first-order valence-corrected chi connectivity index (χ1v) is 9.39. The maximum Gasteiger partial charge on any atom is 0.353 e. The summed E-state index contributed by atoms with van der Waals surface area (Å²) < 4.78 is 9.53. The van der Waals surface area contributed by atoms with Crippen LogP contribution in [-0.4, -0.2) is 32.9 Å². The van der Waals surface area contributed by atoms with Gasteiger partial charge in [0.1, 0.15) is 11.1 Å². The zero-order valence-electron chi connectivity index (χ0n) is 16.4. The van der Waals surface area contributed by atoms with Crippen molar-refractivity contribution in [2.45, 2.75) is 13.1 Å². The molecule has 2 aromatic rings. The third-order valence-corrected chi connectivity index (χ3v) is 4.73. The Hall–Kier alpha value is -4.33. The molecular formula is C23H18N2O6. The van der Waals surface area contributed by atoms with Gasteiger partial charge >= 0.3 is 5.97 Å². The van der Waals surface area contributed by atoms with Gasteiger partial charge in [0, 0.05) is 0 Å². The number of benzene rings is 2. The Labute approximate surface area is 177 Å². The number of hydrogen-bond donors (Lipinski definition) is 1. The minimum atomic E-state index is -0.974. The van der Waals surface area contributed by atoms with Crippen LogP contribution in [0.2, 0.25) is 0 Å². The van der Waals surface area contributed by atoms with Gasteiger partial charge in [0.05, 0.1) is 13.1 Å². The molecule has 0 aromatic heterocycles. The Morgan fingerprint density at radius 1 is 0.806 bits per heavy atom. The highest BCUT2D eigenvalue weighted by atomic mass is 16.7. The Morgan fingerprint density at radius 2 is 1.29 bits per heavy atom.